The third-order valence-electron chi connectivity index (χ3n) is 3.00. The zero-order chi connectivity index (χ0) is 11.3. The fraction of sp³-hybridized carbons (Fsp3) is 0.833. The van der Waals surface area contributed by atoms with Gasteiger partial charge >= 0.3 is 0 Å². The molecule has 0 saturated carbocycles. The average molecular weight is 212 g/mol. The molecule has 0 amide bonds. The van der Waals surface area contributed by atoms with Crippen LogP contribution in [0.2, 0.25) is 0 Å². The van der Waals surface area contributed by atoms with Gasteiger partial charge in [0.1, 0.15) is 25.2 Å². The van der Waals surface area contributed by atoms with Gasteiger partial charge in [0.15, 0.2) is 0 Å². The van der Waals surface area contributed by atoms with Crippen LogP contribution in [0.25, 0.3) is 0 Å². The zero-order valence-electron chi connectivity index (χ0n) is 9.97. The van der Waals surface area contributed by atoms with Gasteiger partial charge in [0, 0.05) is 0 Å². The molecule has 0 aromatic carbocycles. The van der Waals surface area contributed by atoms with E-state index in [1.54, 1.807) is 6.92 Å². The summed E-state index contributed by atoms with van der Waals surface area (Å²) >= 11 is 0. The Bertz CT molecular complexity index is 244. The fourth-order valence-electron chi connectivity index (χ4n) is 1.33. The molecular formula is C12H22NO2+. The predicted octanol–water partition coefficient (Wildman–Crippen LogP) is -0.688. The van der Waals surface area contributed by atoms with Crippen LogP contribution in [0.4, 0.5) is 0 Å². The van der Waals surface area contributed by atoms with E-state index in [1.807, 2.05) is 13.8 Å². The topological polar surface area (TPSA) is 33.9 Å². The summed E-state index contributed by atoms with van der Waals surface area (Å²) in [4.78, 5) is 1.45. The second-order valence-electron chi connectivity index (χ2n) is 4.64. The number of hydrogen-bond acceptors (Lipinski definition) is 2. The van der Waals surface area contributed by atoms with Crippen molar-refractivity contribution in [2.45, 2.75) is 26.4 Å². The summed E-state index contributed by atoms with van der Waals surface area (Å²) in [7, 11) is 0. The molecule has 1 saturated heterocycles. The van der Waals surface area contributed by atoms with E-state index in [1.165, 1.54) is 4.90 Å². The molecule has 0 radical (unpaired) electrons. The van der Waals surface area contributed by atoms with Gasteiger partial charge in [-0.3, -0.25) is 0 Å². The fourth-order valence-corrected chi connectivity index (χ4v) is 1.33. The van der Waals surface area contributed by atoms with E-state index in [2.05, 4.69) is 11.8 Å². The first kappa shape index (κ1) is 12.5. The summed E-state index contributed by atoms with van der Waals surface area (Å²) in [6.07, 6.45) is 0. The number of aliphatic hydroxyl groups is 1. The van der Waals surface area contributed by atoms with Gasteiger partial charge < -0.3 is 14.7 Å². The summed E-state index contributed by atoms with van der Waals surface area (Å²) in [6.45, 7) is 10.3. The highest BCUT2D eigenvalue weighted by atomic mass is 16.5. The Morgan fingerprint density at radius 3 is 2.53 bits per heavy atom. The lowest BCUT2D eigenvalue weighted by Crippen LogP contribution is -3.14. The summed E-state index contributed by atoms with van der Waals surface area (Å²) in [6, 6.07) is 0. The highest BCUT2D eigenvalue weighted by molar-refractivity contribution is 5.13. The molecule has 1 fully saturated rings. The molecule has 1 aliphatic rings. The Hall–Kier alpha value is -0.560. The number of rotatable bonds is 2. The van der Waals surface area contributed by atoms with Gasteiger partial charge in [0.2, 0.25) is 0 Å². The Balaban J connectivity index is 2.37. The first-order valence-electron chi connectivity index (χ1n) is 5.66. The molecule has 86 valence electrons. The minimum Gasteiger partial charge on any atom is -0.378 e. The van der Waals surface area contributed by atoms with Gasteiger partial charge in [-0.05, 0) is 18.8 Å². The van der Waals surface area contributed by atoms with E-state index >= 15 is 0 Å². The summed E-state index contributed by atoms with van der Waals surface area (Å²) < 4.78 is 5.27. The van der Waals surface area contributed by atoms with Crippen molar-refractivity contribution in [2.24, 2.45) is 5.92 Å². The first-order valence-corrected chi connectivity index (χ1v) is 5.66. The van der Waals surface area contributed by atoms with Crippen molar-refractivity contribution < 1.29 is 14.7 Å². The molecule has 3 heteroatoms. The van der Waals surface area contributed by atoms with Crippen LogP contribution in [0.15, 0.2) is 0 Å². The molecule has 1 heterocycles. The molecule has 0 aromatic rings. The molecular weight excluding hydrogens is 190 g/mol. The van der Waals surface area contributed by atoms with E-state index in [-0.39, 0.29) is 5.92 Å². The van der Waals surface area contributed by atoms with E-state index in [0.29, 0.717) is 0 Å². The molecule has 1 rings (SSSR count). The first-order chi connectivity index (χ1) is 7.02. The van der Waals surface area contributed by atoms with Crippen LogP contribution in [0.5, 0.6) is 0 Å². The average Bonchev–Trinajstić information content (AvgIpc) is 2.19. The molecule has 1 atom stereocenters. The SMILES string of the molecule is CC(C)[C@](C)(O)C#CC[NH+]1CCOCC1. The molecule has 2 N–H and O–H groups in total. The van der Waals surface area contributed by atoms with E-state index < -0.39 is 5.60 Å². The molecule has 0 spiro atoms. The van der Waals surface area contributed by atoms with Gasteiger partial charge in [-0.25, -0.2) is 0 Å². The lowest BCUT2D eigenvalue weighted by atomic mass is 9.93. The largest absolute Gasteiger partial charge is 0.378 e. The highest BCUT2D eigenvalue weighted by Crippen LogP contribution is 2.13. The van der Waals surface area contributed by atoms with E-state index in [0.717, 1.165) is 32.8 Å². The molecule has 1 aliphatic heterocycles. The normalized spacial score (nSPS) is 21.9. The van der Waals surface area contributed by atoms with Crippen LogP contribution in [-0.4, -0.2) is 43.6 Å². The smallest absolute Gasteiger partial charge is 0.139 e. The number of ether oxygens (including phenoxy) is 1. The lowest BCUT2D eigenvalue weighted by Gasteiger charge is -2.23. The maximum absolute atomic E-state index is 9.91. The molecule has 0 aromatic heterocycles. The molecule has 3 nitrogen and oxygen atoms in total. The van der Waals surface area contributed by atoms with Gasteiger partial charge in [0.25, 0.3) is 0 Å². The Kier molecular flexibility index (Phi) is 4.59. The van der Waals surface area contributed by atoms with Crippen molar-refractivity contribution in [1.82, 2.24) is 0 Å². The molecule has 0 bridgehead atoms. The summed E-state index contributed by atoms with van der Waals surface area (Å²) in [5.74, 6) is 6.20. The summed E-state index contributed by atoms with van der Waals surface area (Å²) in [5.41, 5.74) is -0.855. The maximum Gasteiger partial charge on any atom is 0.139 e. The second-order valence-corrected chi connectivity index (χ2v) is 4.64. The van der Waals surface area contributed by atoms with Gasteiger partial charge in [0.05, 0.1) is 13.2 Å². The number of quaternary nitrogens is 1. The molecule has 15 heavy (non-hydrogen) atoms. The monoisotopic (exact) mass is 212 g/mol. The Morgan fingerprint density at radius 1 is 1.40 bits per heavy atom. The maximum atomic E-state index is 9.91. The van der Waals surface area contributed by atoms with Crippen molar-refractivity contribution in [3.05, 3.63) is 0 Å². The van der Waals surface area contributed by atoms with Crippen molar-refractivity contribution in [1.29, 1.82) is 0 Å². The molecule has 0 aliphatic carbocycles. The van der Waals surface area contributed by atoms with Crippen LogP contribution >= 0.6 is 0 Å². The van der Waals surface area contributed by atoms with Gasteiger partial charge in [-0.15, -0.1) is 0 Å². The van der Waals surface area contributed by atoms with Crippen LogP contribution < -0.4 is 4.90 Å². The van der Waals surface area contributed by atoms with Crippen molar-refractivity contribution >= 4 is 0 Å². The third kappa shape index (κ3) is 4.21. The van der Waals surface area contributed by atoms with E-state index in [9.17, 15) is 5.11 Å². The van der Waals surface area contributed by atoms with Crippen molar-refractivity contribution in [3.8, 4) is 11.8 Å². The Labute approximate surface area is 92.4 Å². The standard InChI is InChI=1S/C12H21NO2/c1-11(2)12(3,14)5-4-6-13-7-9-15-10-8-13/h11,14H,6-10H2,1-3H3/p+1/t12-/m1/s1. The minimum absolute atomic E-state index is 0.171. The number of morpholine rings is 1. The van der Waals surface area contributed by atoms with Crippen molar-refractivity contribution in [3.63, 3.8) is 0 Å². The van der Waals surface area contributed by atoms with Crippen LogP contribution in [-0.2, 0) is 4.74 Å². The summed E-state index contributed by atoms with van der Waals surface area (Å²) in [5, 5.41) is 9.91. The van der Waals surface area contributed by atoms with Crippen LogP contribution in [0, 0.1) is 17.8 Å². The lowest BCUT2D eigenvalue weighted by molar-refractivity contribution is -0.900. The second kappa shape index (κ2) is 5.50. The van der Waals surface area contributed by atoms with E-state index in [4.69, 9.17) is 4.74 Å². The van der Waals surface area contributed by atoms with Crippen LogP contribution in [0.1, 0.15) is 20.8 Å². The van der Waals surface area contributed by atoms with Crippen LogP contribution in [0.3, 0.4) is 0 Å². The third-order valence-corrected chi connectivity index (χ3v) is 3.00. The van der Waals surface area contributed by atoms with Gasteiger partial charge in [-0.2, -0.15) is 0 Å². The zero-order valence-corrected chi connectivity index (χ0v) is 9.97. The number of nitrogens with one attached hydrogen (secondary N) is 1. The quantitative estimate of drug-likeness (QED) is 0.594. The minimum atomic E-state index is -0.855. The van der Waals surface area contributed by atoms with Crippen molar-refractivity contribution in [2.75, 3.05) is 32.8 Å². The highest BCUT2D eigenvalue weighted by Gasteiger charge is 2.21. The number of hydrogen-bond donors (Lipinski definition) is 2. The molecule has 0 unspecified atom stereocenters. The predicted molar refractivity (Wildman–Crippen MR) is 59.6 cm³/mol. The Morgan fingerprint density at radius 2 is 2.00 bits per heavy atom. The van der Waals surface area contributed by atoms with Gasteiger partial charge in [-0.1, -0.05) is 19.8 Å².